The topological polar surface area (TPSA) is 72.5 Å². The molecule has 31 heavy (non-hydrogen) atoms. The molecule has 4 heterocycles. The number of aryl methyl sites for hydroxylation is 1. The summed E-state index contributed by atoms with van der Waals surface area (Å²) in [4.78, 5) is 22.1. The van der Waals surface area contributed by atoms with Crippen LogP contribution in [0.4, 0.5) is 15.0 Å². The second-order valence-electron chi connectivity index (χ2n) is 11.0. The summed E-state index contributed by atoms with van der Waals surface area (Å²) in [7, 11) is 0. The zero-order valence-corrected chi connectivity index (χ0v) is 19.8. The summed E-state index contributed by atoms with van der Waals surface area (Å²) >= 11 is 0. The number of piperidine rings is 1. The number of hydrogen-bond donors (Lipinski definition) is 3. The Kier molecular flexibility index (Phi) is 5.45. The number of likely N-dealkylation sites (tertiary alicyclic amines) is 2. The molecule has 1 aromatic heterocycles. The predicted octanol–water partition coefficient (Wildman–Crippen LogP) is 3.33. The highest BCUT2D eigenvalue weighted by atomic mass is 19.1. The van der Waals surface area contributed by atoms with Crippen LogP contribution in [0, 0.1) is 30.0 Å². The van der Waals surface area contributed by atoms with E-state index in [0.29, 0.717) is 12.5 Å². The van der Waals surface area contributed by atoms with Gasteiger partial charge >= 0.3 is 6.03 Å². The van der Waals surface area contributed by atoms with Crippen LogP contribution in [0.15, 0.2) is 12.1 Å². The predicted molar refractivity (Wildman–Crippen MR) is 120 cm³/mol. The van der Waals surface area contributed by atoms with Gasteiger partial charge in [-0.15, -0.1) is 0 Å². The lowest BCUT2D eigenvalue weighted by Gasteiger charge is -2.49. The number of nitrogens with one attached hydrogen (secondary N) is 3. The molecule has 4 unspecified atom stereocenters. The minimum atomic E-state index is -0.378. The van der Waals surface area contributed by atoms with Crippen molar-refractivity contribution in [3.05, 3.63) is 23.6 Å². The summed E-state index contributed by atoms with van der Waals surface area (Å²) in [6.45, 7) is 16.4. The number of aromatic nitrogens is 1. The van der Waals surface area contributed by atoms with Gasteiger partial charge in [-0.25, -0.2) is 19.6 Å². The number of anilines is 1. The molecular weight excluding hydrogens is 395 g/mol. The Morgan fingerprint density at radius 3 is 2.65 bits per heavy atom. The van der Waals surface area contributed by atoms with Crippen molar-refractivity contribution < 1.29 is 9.18 Å². The lowest BCUT2D eigenvalue weighted by atomic mass is 9.73. The fourth-order valence-electron chi connectivity index (χ4n) is 5.49. The number of carbonyl (C=O) groups is 1. The quantitative estimate of drug-likeness (QED) is 0.669. The molecule has 172 valence electrons. The van der Waals surface area contributed by atoms with Crippen LogP contribution >= 0.6 is 0 Å². The van der Waals surface area contributed by atoms with Gasteiger partial charge in [0.05, 0.1) is 17.7 Å². The maximum absolute atomic E-state index is 14.3. The van der Waals surface area contributed by atoms with Gasteiger partial charge in [-0.1, -0.05) is 20.8 Å². The summed E-state index contributed by atoms with van der Waals surface area (Å²) in [5, 5.41) is 3.21. The Balaban J connectivity index is 1.53. The second kappa shape index (κ2) is 7.59. The van der Waals surface area contributed by atoms with E-state index in [1.807, 2.05) is 11.8 Å². The molecule has 2 amide bonds. The summed E-state index contributed by atoms with van der Waals surface area (Å²) in [5.41, 5.74) is 7.09. The largest absolute Gasteiger partial charge is 0.351 e. The molecule has 8 heteroatoms. The summed E-state index contributed by atoms with van der Waals surface area (Å²) in [6, 6.07) is 3.46. The molecular formula is C23H37FN6O. The zero-order chi connectivity index (χ0) is 22.7. The van der Waals surface area contributed by atoms with Crippen molar-refractivity contribution in [2.75, 3.05) is 18.4 Å². The Morgan fingerprint density at radius 2 is 1.94 bits per heavy atom. The molecule has 0 bridgehead atoms. The molecule has 0 aromatic carbocycles. The number of nitrogens with zero attached hydrogens (tertiary/aromatic N) is 3. The van der Waals surface area contributed by atoms with E-state index < -0.39 is 0 Å². The second-order valence-corrected chi connectivity index (χ2v) is 11.0. The Morgan fingerprint density at radius 1 is 1.23 bits per heavy atom. The molecule has 0 radical (unpaired) electrons. The van der Waals surface area contributed by atoms with Gasteiger partial charge in [-0.3, -0.25) is 5.43 Å². The van der Waals surface area contributed by atoms with E-state index in [1.54, 1.807) is 6.07 Å². The third-order valence-corrected chi connectivity index (χ3v) is 7.99. The number of rotatable bonds is 2. The number of hydrazine groups is 1. The van der Waals surface area contributed by atoms with Gasteiger partial charge < -0.3 is 15.1 Å². The summed E-state index contributed by atoms with van der Waals surface area (Å²) in [6.07, 6.45) is 0.795. The number of urea groups is 1. The van der Waals surface area contributed by atoms with Crippen molar-refractivity contribution in [3.63, 3.8) is 0 Å². The maximum Gasteiger partial charge on any atom is 0.320 e. The first kappa shape index (κ1) is 22.3. The van der Waals surface area contributed by atoms with E-state index in [-0.39, 0.29) is 52.8 Å². The molecule has 5 atom stereocenters. The van der Waals surface area contributed by atoms with Crippen molar-refractivity contribution >= 4 is 11.8 Å². The van der Waals surface area contributed by atoms with Gasteiger partial charge in [-0.2, -0.15) is 0 Å². The van der Waals surface area contributed by atoms with Crippen molar-refractivity contribution in [1.29, 1.82) is 0 Å². The van der Waals surface area contributed by atoms with Gasteiger partial charge in [0.25, 0.3) is 0 Å². The number of pyridine rings is 1. The van der Waals surface area contributed by atoms with E-state index in [2.05, 4.69) is 67.6 Å². The van der Waals surface area contributed by atoms with Crippen LogP contribution in [0.5, 0.6) is 0 Å². The fourth-order valence-corrected chi connectivity index (χ4v) is 5.49. The van der Waals surface area contributed by atoms with E-state index in [9.17, 15) is 9.18 Å². The Hall–Kier alpha value is -1.93. The lowest BCUT2D eigenvalue weighted by Crippen LogP contribution is -2.61. The molecule has 3 fully saturated rings. The van der Waals surface area contributed by atoms with Crippen LogP contribution in [0.25, 0.3) is 0 Å². The highest BCUT2D eigenvalue weighted by molar-refractivity contribution is 5.76. The molecule has 0 spiro atoms. The van der Waals surface area contributed by atoms with Crippen molar-refractivity contribution in [2.24, 2.45) is 17.3 Å². The molecule has 3 N–H and O–H groups in total. The highest BCUT2D eigenvalue weighted by Crippen LogP contribution is 2.41. The third-order valence-electron chi connectivity index (χ3n) is 7.99. The third kappa shape index (κ3) is 3.78. The molecule has 1 aromatic rings. The van der Waals surface area contributed by atoms with Crippen LogP contribution in [0.3, 0.4) is 0 Å². The number of carbonyl (C=O) groups excluding carboxylic acids is 1. The van der Waals surface area contributed by atoms with Crippen LogP contribution in [-0.4, -0.2) is 57.7 Å². The number of halogens is 1. The summed E-state index contributed by atoms with van der Waals surface area (Å²) in [5.74, 6) is 0.531. The zero-order valence-electron chi connectivity index (χ0n) is 19.8. The standard InChI is InChI=1S/C23H37FN6O/c1-13-10-15(3)29(12-22(13,4)5)21(31)30-11-16-18(23(30,6)7)27-28-19(16)26-20-17(24)9-8-14(2)25-20/h8-9,13,15-16,18-19,27-28H,10-12H2,1-7H3,(H,25,26)/t13?,15-,16?,18?,19?/m0/s1. The Bertz CT molecular complexity index is 858. The van der Waals surface area contributed by atoms with Gasteiger partial charge in [0.2, 0.25) is 0 Å². The van der Waals surface area contributed by atoms with Gasteiger partial charge in [0, 0.05) is 30.7 Å². The Labute approximate surface area is 185 Å². The first-order valence-electron chi connectivity index (χ1n) is 11.4. The smallest absolute Gasteiger partial charge is 0.320 e. The molecule has 3 aliphatic heterocycles. The summed E-state index contributed by atoms with van der Waals surface area (Å²) < 4.78 is 14.3. The van der Waals surface area contributed by atoms with Crippen LogP contribution in [0.1, 0.15) is 53.7 Å². The first-order chi connectivity index (χ1) is 14.4. The van der Waals surface area contributed by atoms with E-state index in [4.69, 9.17) is 0 Å². The molecule has 7 nitrogen and oxygen atoms in total. The van der Waals surface area contributed by atoms with Crippen molar-refractivity contribution in [3.8, 4) is 0 Å². The maximum atomic E-state index is 14.3. The monoisotopic (exact) mass is 432 g/mol. The van der Waals surface area contributed by atoms with E-state index in [1.165, 1.54) is 6.07 Å². The SMILES string of the molecule is Cc1ccc(F)c(NC2NNC3C2CN(C(=O)N2CC(C)(C)C(C)C[C@@H]2C)C3(C)C)n1. The van der Waals surface area contributed by atoms with Gasteiger partial charge in [0.15, 0.2) is 11.6 Å². The van der Waals surface area contributed by atoms with Gasteiger partial charge in [-0.05, 0) is 57.6 Å². The van der Waals surface area contributed by atoms with E-state index in [0.717, 1.165) is 18.7 Å². The fraction of sp³-hybridized carbons (Fsp3) is 0.739. The number of hydrogen-bond acceptors (Lipinski definition) is 5. The number of fused-ring (bicyclic) bond motifs is 1. The molecule has 3 saturated heterocycles. The molecule has 0 aliphatic carbocycles. The van der Waals surface area contributed by atoms with Crippen molar-refractivity contribution in [1.82, 2.24) is 25.6 Å². The van der Waals surface area contributed by atoms with Gasteiger partial charge in [0.1, 0.15) is 0 Å². The average Bonchev–Trinajstić information content (AvgIpc) is 3.19. The average molecular weight is 433 g/mol. The number of amides is 2. The molecule has 4 rings (SSSR count). The van der Waals surface area contributed by atoms with E-state index >= 15 is 0 Å². The van der Waals surface area contributed by atoms with Crippen LogP contribution in [0.2, 0.25) is 0 Å². The first-order valence-corrected chi connectivity index (χ1v) is 11.4. The minimum absolute atomic E-state index is 0.0499. The van der Waals surface area contributed by atoms with Crippen LogP contribution in [-0.2, 0) is 0 Å². The van der Waals surface area contributed by atoms with Crippen molar-refractivity contribution in [2.45, 2.75) is 78.7 Å². The molecule has 0 saturated carbocycles. The minimum Gasteiger partial charge on any atom is -0.351 e. The molecule has 3 aliphatic rings. The lowest BCUT2D eigenvalue weighted by molar-refractivity contribution is 0.0262. The highest BCUT2D eigenvalue weighted by Gasteiger charge is 2.56. The van der Waals surface area contributed by atoms with Crippen LogP contribution < -0.4 is 16.2 Å². The normalized spacial score (nSPS) is 34.0.